The molecule has 0 bridgehead atoms. The topological polar surface area (TPSA) is 18.5 Å². The van der Waals surface area contributed by atoms with Crippen LogP contribution < -0.4 is 4.74 Å². The van der Waals surface area contributed by atoms with Crippen LogP contribution in [0.25, 0.3) is 0 Å². The van der Waals surface area contributed by atoms with Gasteiger partial charge in [0.15, 0.2) is 6.79 Å². The maximum absolute atomic E-state index is 5.99. The average Bonchev–Trinajstić information content (AvgIpc) is 2.18. The van der Waals surface area contributed by atoms with Gasteiger partial charge in [-0.2, -0.15) is 0 Å². The Morgan fingerprint density at radius 3 is 3.00 bits per heavy atom. The first-order chi connectivity index (χ1) is 6.31. The molecule has 0 fully saturated rings. The highest BCUT2D eigenvalue weighted by Crippen LogP contribution is 2.33. The van der Waals surface area contributed by atoms with Crippen LogP contribution in [-0.4, -0.2) is 6.79 Å². The molecule has 0 atom stereocenters. The lowest BCUT2D eigenvalue weighted by atomic mass is 10.1. The first-order valence-corrected chi connectivity index (χ1v) is 4.80. The molecule has 1 aromatic rings. The number of halogens is 2. The SMILES string of the molecule is ClCc1cc(Cl)c2c(c1)COCO2. The summed E-state index contributed by atoms with van der Waals surface area (Å²) in [7, 11) is 0. The monoisotopic (exact) mass is 218 g/mol. The molecule has 0 N–H and O–H groups in total. The second kappa shape index (κ2) is 3.74. The lowest BCUT2D eigenvalue weighted by molar-refractivity contribution is -0.0163. The number of benzene rings is 1. The van der Waals surface area contributed by atoms with Crippen molar-refractivity contribution >= 4 is 23.2 Å². The maximum Gasteiger partial charge on any atom is 0.189 e. The van der Waals surface area contributed by atoms with Crippen LogP contribution in [0.3, 0.4) is 0 Å². The molecule has 0 amide bonds. The van der Waals surface area contributed by atoms with Crippen molar-refractivity contribution in [1.29, 1.82) is 0 Å². The van der Waals surface area contributed by atoms with Gasteiger partial charge in [-0.1, -0.05) is 11.6 Å². The highest BCUT2D eigenvalue weighted by Gasteiger charge is 2.14. The van der Waals surface area contributed by atoms with Crippen molar-refractivity contribution in [2.24, 2.45) is 0 Å². The summed E-state index contributed by atoms with van der Waals surface area (Å²) < 4.78 is 10.4. The van der Waals surface area contributed by atoms with Crippen molar-refractivity contribution in [3.63, 3.8) is 0 Å². The predicted molar refractivity (Wildman–Crippen MR) is 51.3 cm³/mol. The summed E-state index contributed by atoms with van der Waals surface area (Å²) in [5.74, 6) is 1.18. The van der Waals surface area contributed by atoms with Gasteiger partial charge in [-0.05, 0) is 17.7 Å². The summed E-state index contributed by atoms with van der Waals surface area (Å²) in [4.78, 5) is 0. The third-order valence-corrected chi connectivity index (χ3v) is 2.47. The summed E-state index contributed by atoms with van der Waals surface area (Å²) in [5, 5.41) is 0.608. The summed E-state index contributed by atoms with van der Waals surface area (Å²) in [6, 6.07) is 3.77. The molecular weight excluding hydrogens is 211 g/mol. The van der Waals surface area contributed by atoms with E-state index in [1.54, 1.807) is 0 Å². The maximum atomic E-state index is 5.99. The molecule has 2 nitrogen and oxygen atoms in total. The van der Waals surface area contributed by atoms with E-state index in [4.69, 9.17) is 32.7 Å². The van der Waals surface area contributed by atoms with Crippen LogP contribution >= 0.6 is 23.2 Å². The van der Waals surface area contributed by atoms with Crippen LogP contribution in [0.2, 0.25) is 5.02 Å². The molecule has 1 aliphatic rings. The van der Waals surface area contributed by atoms with Crippen molar-refractivity contribution in [2.45, 2.75) is 12.5 Å². The lowest BCUT2D eigenvalue weighted by Crippen LogP contribution is -2.11. The minimum Gasteiger partial charge on any atom is -0.466 e. The molecule has 0 saturated heterocycles. The largest absolute Gasteiger partial charge is 0.466 e. The highest BCUT2D eigenvalue weighted by molar-refractivity contribution is 6.32. The molecule has 0 aliphatic carbocycles. The molecule has 13 heavy (non-hydrogen) atoms. The van der Waals surface area contributed by atoms with Crippen molar-refractivity contribution < 1.29 is 9.47 Å². The van der Waals surface area contributed by atoms with Crippen molar-refractivity contribution in [3.8, 4) is 5.75 Å². The fourth-order valence-corrected chi connectivity index (χ4v) is 1.78. The van der Waals surface area contributed by atoms with E-state index < -0.39 is 0 Å². The normalized spacial score (nSPS) is 14.9. The number of ether oxygens (including phenoxy) is 2. The van der Waals surface area contributed by atoms with Crippen LogP contribution in [0.15, 0.2) is 12.1 Å². The van der Waals surface area contributed by atoms with Gasteiger partial charge in [0, 0.05) is 11.4 Å². The van der Waals surface area contributed by atoms with Gasteiger partial charge >= 0.3 is 0 Å². The standard InChI is InChI=1S/C9H8Cl2O2/c10-3-6-1-7-4-12-5-13-9(7)8(11)2-6/h1-2H,3-5H2. The predicted octanol–water partition coefficient (Wildman–Crippen LogP) is 2.95. The van der Waals surface area contributed by atoms with E-state index in [-0.39, 0.29) is 6.79 Å². The Morgan fingerprint density at radius 2 is 2.23 bits per heavy atom. The van der Waals surface area contributed by atoms with Gasteiger partial charge in [0.1, 0.15) is 5.75 Å². The number of rotatable bonds is 1. The van der Waals surface area contributed by atoms with Crippen LogP contribution in [0.4, 0.5) is 0 Å². The lowest BCUT2D eigenvalue weighted by Gasteiger charge is -2.19. The Labute approximate surface area is 86.4 Å². The molecule has 0 aromatic heterocycles. The molecule has 0 spiro atoms. The van der Waals surface area contributed by atoms with Gasteiger partial charge < -0.3 is 9.47 Å². The molecule has 0 saturated carbocycles. The fraction of sp³-hybridized carbons (Fsp3) is 0.333. The molecule has 70 valence electrons. The van der Waals surface area contributed by atoms with E-state index in [1.807, 2.05) is 12.1 Å². The van der Waals surface area contributed by atoms with Crippen LogP contribution in [0, 0.1) is 0 Å². The third kappa shape index (κ3) is 1.75. The molecule has 1 heterocycles. The molecule has 0 unspecified atom stereocenters. The molecule has 1 aliphatic heterocycles. The minimum atomic E-state index is 0.271. The minimum absolute atomic E-state index is 0.271. The number of alkyl halides is 1. The summed E-state index contributed by atoms with van der Waals surface area (Å²) in [6.07, 6.45) is 0. The Bertz CT molecular complexity index is 326. The first-order valence-electron chi connectivity index (χ1n) is 3.89. The van der Waals surface area contributed by atoms with E-state index in [9.17, 15) is 0 Å². The number of fused-ring (bicyclic) bond motifs is 1. The van der Waals surface area contributed by atoms with E-state index in [0.717, 1.165) is 16.9 Å². The highest BCUT2D eigenvalue weighted by atomic mass is 35.5. The van der Waals surface area contributed by atoms with E-state index in [0.29, 0.717) is 17.5 Å². The van der Waals surface area contributed by atoms with E-state index in [2.05, 4.69) is 0 Å². The van der Waals surface area contributed by atoms with E-state index >= 15 is 0 Å². The zero-order valence-electron chi connectivity index (χ0n) is 6.85. The molecule has 2 rings (SSSR count). The van der Waals surface area contributed by atoms with Gasteiger partial charge in [-0.3, -0.25) is 0 Å². The van der Waals surface area contributed by atoms with Crippen molar-refractivity contribution in [2.75, 3.05) is 6.79 Å². The van der Waals surface area contributed by atoms with Crippen LogP contribution in [-0.2, 0) is 17.2 Å². The van der Waals surface area contributed by atoms with Gasteiger partial charge in [-0.15, -0.1) is 11.6 Å². The molecule has 0 radical (unpaired) electrons. The van der Waals surface area contributed by atoms with Gasteiger partial charge in [0.05, 0.1) is 11.6 Å². The number of hydrogen-bond acceptors (Lipinski definition) is 2. The second-order valence-electron chi connectivity index (χ2n) is 2.81. The Kier molecular flexibility index (Phi) is 2.63. The smallest absolute Gasteiger partial charge is 0.189 e. The first kappa shape index (κ1) is 9.13. The van der Waals surface area contributed by atoms with Gasteiger partial charge in [0.2, 0.25) is 0 Å². The molecule has 1 aromatic carbocycles. The van der Waals surface area contributed by atoms with Crippen molar-refractivity contribution in [1.82, 2.24) is 0 Å². The van der Waals surface area contributed by atoms with E-state index in [1.165, 1.54) is 0 Å². The Morgan fingerprint density at radius 1 is 1.38 bits per heavy atom. The molecular formula is C9H8Cl2O2. The molecule has 4 heteroatoms. The Balaban J connectivity index is 2.47. The second-order valence-corrected chi connectivity index (χ2v) is 3.48. The van der Waals surface area contributed by atoms with Gasteiger partial charge in [0.25, 0.3) is 0 Å². The zero-order valence-corrected chi connectivity index (χ0v) is 8.36. The number of hydrogen-bond donors (Lipinski definition) is 0. The fourth-order valence-electron chi connectivity index (χ4n) is 1.31. The van der Waals surface area contributed by atoms with Crippen LogP contribution in [0.1, 0.15) is 11.1 Å². The summed E-state index contributed by atoms with van der Waals surface area (Å²) in [5.41, 5.74) is 1.95. The summed E-state index contributed by atoms with van der Waals surface area (Å²) in [6.45, 7) is 0.812. The third-order valence-electron chi connectivity index (χ3n) is 1.88. The zero-order chi connectivity index (χ0) is 9.26. The van der Waals surface area contributed by atoms with Gasteiger partial charge in [-0.25, -0.2) is 0 Å². The Hall–Kier alpha value is -0.440. The quantitative estimate of drug-likeness (QED) is 0.676. The average molecular weight is 219 g/mol. The van der Waals surface area contributed by atoms with Crippen LogP contribution in [0.5, 0.6) is 5.75 Å². The summed E-state index contributed by atoms with van der Waals surface area (Å²) >= 11 is 11.7. The van der Waals surface area contributed by atoms with Crippen molar-refractivity contribution in [3.05, 3.63) is 28.3 Å².